The van der Waals surface area contributed by atoms with Crippen LogP contribution in [0.25, 0.3) is 0 Å². The second kappa shape index (κ2) is 9.76. The van der Waals surface area contributed by atoms with Gasteiger partial charge >= 0.3 is 0 Å². The van der Waals surface area contributed by atoms with Gasteiger partial charge in [-0.3, -0.25) is 4.79 Å². The van der Waals surface area contributed by atoms with E-state index in [1.54, 1.807) is 29.2 Å². The van der Waals surface area contributed by atoms with E-state index in [0.717, 1.165) is 15.7 Å². The van der Waals surface area contributed by atoms with Crippen molar-refractivity contribution in [1.82, 2.24) is 4.31 Å². The summed E-state index contributed by atoms with van der Waals surface area (Å²) >= 11 is 15.5. The van der Waals surface area contributed by atoms with E-state index in [1.165, 1.54) is 28.6 Å². The van der Waals surface area contributed by atoms with Crippen LogP contribution < -0.4 is 4.90 Å². The number of benzene rings is 3. The van der Waals surface area contributed by atoms with Crippen molar-refractivity contribution in [3.8, 4) is 0 Å². The normalized spacial score (nSPS) is 15.7. The van der Waals surface area contributed by atoms with Crippen molar-refractivity contribution in [1.29, 1.82) is 0 Å². The van der Waals surface area contributed by atoms with E-state index in [-0.39, 0.29) is 29.9 Å². The molecule has 1 amide bonds. The summed E-state index contributed by atoms with van der Waals surface area (Å²) in [5.74, 6) is -0.289. The smallest absolute Gasteiger partial charge is 0.243 e. The lowest BCUT2D eigenvalue weighted by Crippen LogP contribution is -2.44. The molecule has 1 atom stereocenters. The van der Waals surface area contributed by atoms with Crippen LogP contribution in [0.1, 0.15) is 18.1 Å². The Morgan fingerprint density at radius 1 is 1.06 bits per heavy atom. The maximum atomic E-state index is 13.5. The van der Waals surface area contributed by atoms with Crippen LogP contribution >= 0.6 is 39.1 Å². The number of nitrogens with zero attached hydrogens (tertiary/aromatic N) is 2. The van der Waals surface area contributed by atoms with Crippen LogP contribution in [0.3, 0.4) is 0 Å². The molecular weight excluding hydrogens is 547 g/mol. The molecule has 0 radical (unpaired) electrons. The maximum absolute atomic E-state index is 13.5. The Bertz CT molecular complexity index is 1300. The van der Waals surface area contributed by atoms with Gasteiger partial charge < -0.3 is 4.90 Å². The van der Waals surface area contributed by atoms with Gasteiger partial charge in [-0.2, -0.15) is 4.31 Å². The lowest BCUT2D eigenvalue weighted by atomic mass is 10.1. The highest BCUT2D eigenvalue weighted by atomic mass is 79.9. The van der Waals surface area contributed by atoms with E-state index in [0.29, 0.717) is 22.0 Å². The second-order valence-electron chi connectivity index (χ2n) is 7.95. The molecular formula is C24H21BrCl2N2O3S. The Labute approximate surface area is 212 Å². The van der Waals surface area contributed by atoms with Crippen molar-refractivity contribution in [3.05, 3.63) is 92.4 Å². The van der Waals surface area contributed by atoms with E-state index in [2.05, 4.69) is 15.9 Å². The minimum absolute atomic E-state index is 0.00662. The highest BCUT2D eigenvalue weighted by molar-refractivity contribution is 9.10. The topological polar surface area (TPSA) is 57.7 Å². The third-order valence-corrected chi connectivity index (χ3v) is 8.32. The van der Waals surface area contributed by atoms with Gasteiger partial charge in [0.1, 0.15) is 0 Å². The van der Waals surface area contributed by atoms with Gasteiger partial charge in [-0.15, -0.1) is 0 Å². The first-order chi connectivity index (χ1) is 15.6. The SMILES string of the molecule is C[C@H]1Cc2cc(Br)ccc2N1C(=O)CN(Cc1cccc(Cl)c1)S(=O)(=O)c1ccc(Cl)cc1. The van der Waals surface area contributed by atoms with Crippen LogP contribution in [0.5, 0.6) is 0 Å². The van der Waals surface area contributed by atoms with Crippen LogP contribution in [0, 0.1) is 0 Å². The molecule has 0 saturated carbocycles. The number of amides is 1. The van der Waals surface area contributed by atoms with E-state index >= 15 is 0 Å². The molecule has 0 aliphatic carbocycles. The summed E-state index contributed by atoms with van der Waals surface area (Å²) in [6.07, 6.45) is 0.707. The lowest BCUT2D eigenvalue weighted by Gasteiger charge is -2.27. The van der Waals surface area contributed by atoms with Gasteiger partial charge in [-0.05, 0) is 79.1 Å². The van der Waals surface area contributed by atoms with Crippen molar-refractivity contribution in [2.24, 2.45) is 0 Å². The number of anilines is 1. The van der Waals surface area contributed by atoms with Crippen molar-refractivity contribution in [3.63, 3.8) is 0 Å². The van der Waals surface area contributed by atoms with Crippen LogP contribution in [0.15, 0.2) is 76.1 Å². The summed E-state index contributed by atoms with van der Waals surface area (Å²) in [5.41, 5.74) is 2.54. The van der Waals surface area contributed by atoms with Gasteiger partial charge in [0.15, 0.2) is 0 Å². The quantitative estimate of drug-likeness (QED) is 0.371. The minimum atomic E-state index is -3.98. The summed E-state index contributed by atoms with van der Waals surface area (Å²) in [6, 6.07) is 18.6. The molecule has 3 aromatic rings. The summed E-state index contributed by atoms with van der Waals surface area (Å²) < 4.78 is 29.2. The number of sulfonamides is 1. The molecule has 0 unspecified atom stereocenters. The molecule has 1 aliphatic rings. The molecule has 0 bridgehead atoms. The minimum Gasteiger partial charge on any atom is -0.308 e. The predicted molar refractivity (Wildman–Crippen MR) is 135 cm³/mol. The molecule has 0 fully saturated rings. The van der Waals surface area contributed by atoms with Crippen LogP contribution in [0.2, 0.25) is 10.0 Å². The van der Waals surface area contributed by atoms with Crippen LogP contribution in [-0.4, -0.2) is 31.2 Å². The van der Waals surface area contributed by atoms with Gasteiger partial charge in [0.25, 0.3) is 0 Å². The summed E-state index contributed by atoms with van der Waals surface area (Å²) in [4.78, 5) is 15.2. The number of hydrogen-bond donors (Lipinski definition) is 0. The molecule has 172 valence electrons. The predicted octanol–water partition coefficient (Wildman–Crippen LogP) is 5.92. The Morgan fingerprint density at radius 2 is 1.79 bits per heavy atom. The van der Waals surface area contributed by atoms with Crippen molar-refractivity contribution in [2.75, 3.05) is 11.4 Å². The lowest BCUT2D eigenvalue weighted by molar-refractivity contribution is -0.119. The molecule has 33 heavy (non-hydrogen) atoms. The van der Waals surface area contributed by atoms with Gasteiger partial charge in [-0.1, -0.05) is 51.3 Å². The standard InChI is InChI=1S/C24H21BrCl2N2O3S/c1-16-11-18-13-19(25)5-10-23(18)29(16)24(30)15-28(14-17-3-2-4-21(27)12-17)33(31,32)22-8-6-20(26)7-9-22/h2-10,12-13,16H,11,14-15H2,1H3/t16-/m0/s1. The van der Waals surface area contributed by atoms with Crippen LogP contribution in [-0.2, 0) is 27.8 Å². The van der Waals surface area contributed by atoms with Crippen LogP contribution in [0.4, 0.5) is 5.69 Å². The highest BCUT2D eigenvalue weighted by Crippen LogP contribution is 2.34. The Hall–Kier alpha value is -1.90. The Kier molecular flexibility index (Phi) is 7.17. The first-order valence-electron chi connectivity index (χ1n) is 10.3. The van der Waals surface area contributed by atoms with Gasteiger partial charge in [0, 0.05) is 32.8 Å². The molecule has 0 saturated heterocycles. The molecule has 0 N–H and O–H groups in total. The molecule has 9 heteroatoms. The molecule has 5 nitrogen and oxygen atoms in total. The van der Waals surface area contributed by atoms with Crippen molar-refractivity contribution < 1.29 is 13.2 Å². The first-order valence-corrected chi connectivity index (χ1v) is 13.2. The third-order valence-electron chi connectivity index (χ3n) is 5.54. The Balaban J connectivity index is 1.68. The molecule has 1 aliphatic heterocycles. The number of carbonyl (C=O) groups is 1. The number of carbonyl (C=O) groups excluding carboxylic acids is 1. The summed E-state index contributed by atoms with van der Waals surface area (Å²) in [6.45, 7) is 1.66. The van der Waals surface area contributed by atoms with Crippen molar-refractivity contribution >= 4 is 60.7 Å². The summed E-state index contributed by atoms with van der Waals surface area (Å²) in [5, 5.41) is 0.926. The van der Waals surface area contributed by atoms with Gasteiger partial charge in [0.05, 0.1) is 11.4 Å². The van der Waals surface area contributed by atoms with Crippen molar-refractivity contribution in [2.45, 2.75) is 30.8 Å². The fourth-order valence-corrected chi connectivity index (χ4v) is 6.15. The molecule has 1 heterocycles. The monoisotopic (exact) mass is 566 g/mol. The van der Waals surface area contributed by atoms with E-state index in [4.69, 9.17) is 23.2 Å². The first kappa shape index (κ1) is 24.2. The molecule has 0 aromatic heterocycles. The average molecular weight is 568 g/mol. The fraction of sp³-hybridized carbons (Fsp3) is 0.208. The highest BCUT2D eigenvalue weighted by Gasteiger charge is 2.34. The van der Waals surface area contributed by atoms with E-state index < -0.39 is 10.0 Å². The summed E-state index contributed by atoms with van der Waals surface area (Å²) in [7, 11) is -3.98. The third kappa shape index (κ3) is 5.28. The van der Waals surface area contributed by atoms with Gasteiger partial charge in [0.2, 0.25) is 15.9 Å². The largest absolute Gasteiger partial charge is 0.308 e. The number of hydrogen-bond acceptors (Lipinski definition) is 3. The van der Waals surface area contributed by atoms with E-state index in [9.17, 15) is 13.2 Å². The maximum Gasteiger partial charge on any atom is 0.243 e. The molecule has 3 aromatic carbocycles. The number of rotatable bonds is 6. The van der Waals surface area contributed by atoms with Gasteiger partial charge in [-0.25, -0.2) is 8.42 Å². The zero-order chi connectivity index (χ0) is 23.8. The number of halogens is 3. The molecule has 0 spiro atoms. The second-order valence-corrected chi connectivity index (χ2v) is 11.7. The number of fused-ring (bicyclic) bond motifs is 1. The Morgan fingerprint density at radius 3 is 2.48 bits per heavy atom. The molecule has 4 rings (SSSR count). The average Bonchev–Trinajstić information content (AvgIpc) is 3.08. The zero-order valence-corrected chi connectivity index (χ0v) is 21.6. The van der Waals surface area contributed by atoms with E-state index in [1.807, 2.05) is 25.1 Å². The fourth-order valence-electron chi connectivity index (χ4n) is 4.03. The zero-order valence-electron chi connectivity index (χ0n) is 17.7.